The fraction of sp³-hybridized carbons (Fsp3) is 0.333. The first-order valence-corrected chi connectivity index (χ1v) is 8.59. The van der Waals surface area contributed by atoms with Crippen LogP contribution in [-0.4, -0.2) is 57.0 Å². The summed E-state index contributed by atoms with van der Waals surface area (Å²) in [6.45, 7) is 5.76. The Morgan fingerprint density at radius 3 is 2.08 bits per heavy atom. The zero-order valence-electron chi connectivity index (χ0n) is 14.8. The predicted octanol–water partition coefficient (Wildman–Crippen LogP) is 1.92. The first-order chi connectivity index (χ1) is 12.3. The number of carboxylic acids is 1. The fourth-order valence-electron chi connectivity index (χ4n) is 2.45. The summed E-state index contributed by atoms with van der Waals surface area (Å²) in [5.74, 6) is -1.53. The summed E-state index contributed by atoms with van der Waals surface area (Å²) in [6.07, 6.45) is 0.528. The van der Waals surface area contributed by atoms with Crippen molar-refractivity contribution in [2.24, 2.45) is 0 Å². The molecular weight excluding hydrogens is 356 g/mol. The molecule has 0 saturated carbocycles. The Morgan fingerprint density at radius 2 is 1.65 bits per heavy atom. The number of benzene rings is 1. The zero-order valence-corrected chi connectivity index (χ0v) is 15.6. The van der Waals surface area contributed by atoms with Crippen LogP contribution in [0.25, 0.3) is 6.08 Å². The van der Waals surface area contributed by atoms with Gasteiger partial charge in [-0.15, -0.1) is 0 Å². The number of likely N-dealkylation sites (N-methyl/N-ethyl adjacent to an activating group) is 2. The number of thiocarbonyl (C=S) groups is 1. The maximum atomic E-state index is 12.6. The zero-order chi connectivity index (χ0) is 19.4. The summed E-state index contributed by atoms with van der Waals surface area (Å²) in [4.78, 5) is 38.7. The lowest BCUT2D eigenvalue weighted by atomic mass is 10.1. The van der Waals surface area contributed by atoms with Crippen molar-refractivity contribution in [3.63, 3.8) is 0 Å². The molecular formula is C18H20N2O5S. The van der Waals surface area contributed by atoms with Gasteiger partial charge in [0.1, 0.15) is 11.3 Å². The number of ether oxygens (including phenoxy) is 1. The van der Waals surface area contributed by atoms with Crippen molar-refractivity contribution < 1.29 is 24.2 Å². The minimum Gasteiger partial charge on any atom is -0.479 e. The van der Waals surface area contributed by atoms with Crippen LogP contribution < -0.4 is 4.74 Å². The third-order valence-corrected chi connectivity index (χ3v) is 4.34. The van der Waals surface area contributed by atoms with Crippen molar-refractivity contribution in [2.75, 3.05) is 13.1 Å². The second-order valence-corrected chi connectivity index (χ2v) is 5.97. The van der Waals surface area contributed by atoms with Gasteiger partial charge in [-0.3, -0.25) is 19.4 Å². The number of carbonyl (C=O) groups excluding carboxylic acids is 2. The predicted molar refractivity (Wildman–Crippen MR) is 99.5 cm³/mol. The van der Waals surface area contributed by atoms with Gasteiger partial charge in [0.15, 0.2) is 11.2 Å². The molecule has 1 aromatic carbocycles. The van der Waals surface area contributed by atoms with Crippen molar-refractivity contribution in [3.8, 4) is 5.75 Å². The highest BCUT2D eigenvalue weighted by molar-refractivity contribution is 7.80. The normalized spacial score (nSPS) is 16.0. The number of carbonyl (C=O) groups is 3. The molecule has 0 aromatic heterocycles. The van der Waals surface area contributed by atoms with Crippen LogP contribution in [0.15, 0.2) is 29.8 Å². The Bertz CT molecular complexity index is 744. The van der Waals surface area contributed by atoms with Gasteiger partial charge in [-0.05, 0) is 56.8 Å². The van der Waals surface area contributed by atoms with E-state index >= 15 is 0 Å². The van der Waals surface area contributed by atoms with E-state index in [0.717, 1.165) is 0 Å². The molecule has 26 heavy (non-hydrogen) atoms. The second-order valence-electron chi connectivity index (χ2n) is 5.61. The maximum Gasteiger partial charge on any atom is 0.344 e. The topological polar surface area (TPSA) is 87.1 Å². The molecule has 2 rings (SSSR count). The fourth-order valence-corrected chi connectivity index (χ4v) is 2.87. The molecule has 8 heteroatoms. The van der Waals surface area contributed by atoms with Gasteiger partial charge in [-0.1, -0.05) is 12.1 Å². The molecule has 1 atom stereocenters. The van der Waals surface area contributed by atoms with Crippen molar-refractivity contribution in [1.29, 1.82) is 0 Å². The van der Waals surface area contributed by atoms with Gasteiger partial charge in [0.05, 0.1) is 0 Å². The summed E-state index contributed by atoms with van der Waals surface area (Å²) in [6, 6.07) is 6.47. The number of carboxylic acid groups (broad SMARTS) is 1. The van der Waals surface area contributed by atoms with Crippen LogP contribution in [0.2, 0.25) is 0 Å². The number of aliphatic carboxylic acids is 1. The smallest absolute Gasteiger partial charge is 0.344 e. The van der Waals surface area contributed by atoms with Gasteiger partial charge in [-0.25, -0.2) is 4.79 Å². The summed E-state index contributed by atoms with van der Waals surface area (Å²) in [5, 5.41) is 9.08. The highest BCUT2D eigenvalue weighted by Gasteiger charge is 2.37. The molecule has 1 aliphatic heterocycles. The average molecular weight is 376 g/mol. The minimum absolute atomic E-state index is 0.0369. The van der Waals surface area contributed by atoms with Crippen molar-refractivity contribution >= 4 is 41.2 Å². The highest BCUT2D eigenvalue weighted by atomic mass is 32.1. The first-order valence-electron chi connectivity index (χ1n) is 8.19. The Morgan fingerprint density at radius 1 is 1.15 bits per heavy atom. The lowest BCUT2D eigenvalue weighted by Gasteiger charge is -2.35. The Labute approximate surface area is 156 Å². The number of amides is 2. The lowest BCUT2D eigenvalue weighted by molar-refractivity contribution is -0.144. The van der Waals surface area contributed by atoms with Gasteiger partial charge in [0.2, 0.25) is 0 Å². The quantitative estimate of drug-likeness (QED) is 0.464. The third-order valence-electron chi connectivity index (χ3n) is 3.90. The van der Waals surface area contributed by atoms with Gasteiger partial charge in [-0.2, -0.15) is 0 Å². The van der Waals surface area contributed by atoms with Crippen molar-refractivity contribution in [2.45, 2.75) is 26.9 Å². The van der Waals surface area contributed by atoms with Gasteiger partial charge < -0.3 is 9.84 Å². The molecule has 138 valence electrons. The van der Waals surface area contributed by atoms with Crippen LogP contribution in [0.5, 0.6) is 5.75 Å². The van der Waals surface area contributed by atoms with Crippen LogP contribution >= 0.6 is 12.2 Å². The molecule has 1 aliphatic rings. The summed E-state index contributed by atoms with van der Waals surface area (Å²) in [5.41, 5.74) is 0.659. The molecule has 1 aromatic rings. The van der Waals surface area contributed by atoms with Gasteiger partial charge in [0, 0.05) is 13.1 Å². The average Bonchev–Trinajstić information content (AvgIpc) is 2.60. The number of rotatable bonds is 6. The van der Waals surface area contributed by atoms with E-state index in [1.807, 2.05) is 0 Å². The Kier molecular flexibility index (Phi) is 6.10. The van der Waals surface area contributed by atoms with E-state index in [1.54, 1.807) is 38.1 Å². The summed E-state index contributed by atoms with van der Waals surface area (Å²) >= 11 is 5.22. The van der Waals surface area contributed by atoms with Crippen molar-refractivity contribution in [1.82, 2.24) is 9.80 Å². The molecule has 0 aliphatic carbocycles. The van der Waals surface area contributed by atoms with Crippen LogP contribution in [0, 0.1) is 0 Å². The Hall–Kier alpha value is -2.74. The second kappa shape index (κ2) is 8.09. The number of hydrogen-bond donors (Lipinski definition) is 1. The van der Waals surface area contributed by atoms with E-state index < -0.39 is 23.9 Å². The van der Waals surface area contributed by atoms with Gasteiger partial charge >= 0.3 is 5.97 Å². The van der Waals surface area contributed by atoms with Crippen LogP contribution in [0.3, 0.4) is 0 Å². The summed E-state index contributed by atoms with van der Waals surface area (Å²) in [7, 11) is 0. The first kappa shape index (κ1) is 19.6. The molecule has 1 saturated heterocycles. The van der Waals surface area contributed by atoms with Crippen molar-refractivity contribution in [3.05, 3.63) is 35.4 Å². The molecule has 1 heterocycles. The summed E-state index contributed by atoms with van der Waals surface area (Å²) < 4.78 is 5.26. The van der Waals surface area contributed by atoms with Crippen LogP contribution in [0.4, 0.5) is 0 Å². The third kappa shape index (κ3) is 3.91. The minimum atomic E-state index is -1.06. The lowest BCUT2D eigenvalue weighted by Crippen LogP contribution is -2.55. The van der Waals surface area contributed by atoms with E-state index in [-0.39, 0.29) is 10.7 Å². The highest BCUT2D eigenvalue weighted by Crippen LogP contribution is 2.21. The molecule has 1 N–H and O–H groups in total. The standard InChI is InChI=1S/C18H20N2O5S/c1-4-19-15(21)14(16(22)20(5-2)18(19)26)10-12-6-8-13(9-7-12)25-11(3)17(23)24/h6-11H,4-5H2,1-3H3,(H,23,24)/t11-/m1/s1. The molecule has 0 radical (unpaired) electrons. The van der Waals surface area contributed by atoms with E-state index in [4.69, 9.17) is 22.1 Å². The monoisotopic (exact) mass is 376 g/mol. The van der Waals surface area contributed by atoms with Gasteiger partial charge in [0.25, 0.3) is 11.8 Å². The van der Waals surface area contributed by atoms with Crippen LogP contribution in [0.1, 0.15) is 26.3 Å². The molecule has 0 unspecified atom stereocenters. The number of nitrogens with zero attached hydrogens (tertiary/aromatic N) is 2. The van der Waals surface area contributed by atoms with Crippen LogP contribution in [-0.2, 0) is 14.4 Å². The number of hydrogen-bond acceptors (Lipinski definition) is 5. The van der Waals surface area contributed by atoms with E-state index in [2.05, 4.69) is 0 Å². The maximum absolute atomic E-state index is 12.6. The molecule has 1 fully saturated rings. The van der Waals surface area contributed by atoms with E-state index in [1.165, 1.54) is 22.8 Å². The molecule has 0 bridgehead atoms. The SMILES string of the molecule is CCN1C(=O)C(=Cc2ccc(O[C@H](C)C(=O)O)cc2)C(=O)N(CC)C1=S. The Balaban J connectivity index is 2.29. The van der Waals surface area contributed by atoms with E-state index in [0.29, 0.717) is 24.4 Å². The largest absolute Gasteiger partial charge is 0.479 e. The molecule has 0 spiro atoms. The van der Waals surface area contributed by atoms with E-state index in [9.17, 15) is 14.4 Å². The molecule has 2 amide bonds. The molecule has 7 nitrogen and oxygen atoms in total.